The maximum absolute atomic E-state index is 13.7. The first-order valence-corrected chi connectivity index (χ1v) is 13.1. The number of amides is 1. The van der Waals surface area contributed by atoms with Crippen LogP contribution in [0.2, 0.25) is 0 Å². The van der Waals surface area contributed by atoms with Crippen molar-refractivity contribution < 1.29 is 42.3 Å². The van der Waals surface area contributed by atoms with Gasteiger partial charge in [0.25, 0.3) is 5.91 Å². The number of piperidine rings is 1. The lowest BCUT2D eigenvalue weighted by atomic mass is 9.98. The standard InChI is InChI=1S/C24H36NO9P/c1-23(2,3)21(27)30-16-33-35(29,34-17-31-22(28)24(4,5)6)19-13-10-14-25(20(19)26)32-15-18-11-8-7-9-12-18/h7-9,11-12,19H,10,13-17H2,1-6H3. The number of benzene rings is 1. The second-order valence-electron chi connectivity index (χ2n) is 10.3. The van der Waals surface area contributed by atoms with Crippen molar-refractivity contribution in [1.82, 2.24) is 5.06 Å². The van der Waals surface area contributed by atoms with Crippen molar-refractivity contribution in [2.45, 2.75) is 66.6 Å². The molecule has 2 rings (SSSR count). The number of esters is 2. The van der Waals surface area contributed by atoms with Crippen LogP contribution in [0.4, 0.5) is 0 Å². The molecular formula is C24H36NO9P. The van der Waals surface area contributed by atoms with Gasteiger partial charge in [0.1, 0.15) is 12.3 Å². The Bertz CT molecular complexity index is 885. The molecule has 1 aromatic carbocycles. The van der Waals surface area contributed by atoms with Crippen molar-refractivity contribution in [3.8, 4) is 0 Å². The first kappa shape index (κ1) is 29.0. The van der Waals surface area contributed by atoms with Gasteiger partial charge in [-0.15, -0.1) is 0 Å². The Kier molecular flexibility index (Phi) is 10.0. The first-order chi connectivity index (χ1) is 16.2. The van der Waals surface area contributed by atoms with Crippen molar-refractivity contribution in [2.75, 3.05) is 20.1 Å². The number of hydrogen-bond donors (Lipinski definition) is 0. The third kappa shape index (κ3) is 8.72. The Balaban J connectivity index is 2.11. The van der Waals surface area contributed by atoms with Crippen molar-refractivity contribution in [1.29, 1.82) is 0 Å². The van der Waals surface area contributed by atoms with Gasteiger partial charge in [-0.3, -0.25) is 32.8 Å². The molecule has 0 aromatic heterocycles. The van der Waals surface area contributed by atoms with Gasteiger partial charge in [0.05, 0.1) is 10.8 Å². The highest BCUT2D eigenvalue weighted by Gasteiger charge is 2.46. The normalized spacial score (nSPS) is 17.3. The number of rotatable bonds is 10. The van der Waals surface area contributed by atoms with Crippen LogP contribution in [0.25, 0.3) is 0 Å². The minimum atomic E-state index is -4.23. The number of ether oxygens (including phenoxy) is 2. The minimum absolute atomic E-state index is 0.151. The van der Waals surface area contributed by atoms with E-state index in [1.165, 1.54) is 0 Å². The van der Waals surface area contributed by atoms with Gasteiger partial charge < -0.3 is 9.47 Å². The third-order valence-electron chi connectivity index (χ3n) is 5.05. The number of carbonyl (C=O) groups excluding carboxylic acids is 3. The van der Waals surface area contributed by atoms with Gasteiger partial charge in [-0.2, -0.15) is 0 Å². The van der Waals surface area contributed by atoms with Crippen LogP contribution in [0.1, 0.15) is 59.9 Å². The first-order valence-electron chi connectivity index (χ1n) is 11.5. The quantitative estimate of drug-likeness (QED) is 0.254. The molecule has 1 saturated heterocycles. The molecule has 1 aliphatic rings. The fourth-order valence-corrected chi connectivity index (χ4v) is 4.67. The number of hydrogen-bond acceptors (Lipinski definition) is 9. The second kappa shape index (κ2) is 12.1. The number of hydroxylamine groups is 2. The summed E-state index contributed by atoms with van der Waals surface area (Å²) in [7, 11) is -4.23. The molecule has 1 aromatic rings. The summed E-state index contributed by atoms with van der Waals surface area (Å²) in [6.45, 7) is 9.03. The predicted octanol–water partition coefficient (Wildman–Crippen LogP) is 4.43. The van der Waals surface area contributed by atoms with Gasteiger partial charge in [-0.1, -0.05) is 30.3 Å². The van der Waals surface area contributed by atoms with E-state index in [1.807, 2.05) is 30.3 Å². The fourth-order valence-electron chi connectivity index (χ4n) is 2.93. The summed E-state index contributed by atoms with van der Waals surface area (Å²) in [5.74, 6) is -1.74. The molecule has 1 aliphatic heterocycles. The molecule has 1 atom stereocenters. The van der Waals surface area contributed by atoms with E-state index < -0.39 is 55.5 Å². The SMILES string of the molecule is CC(C)(C)C(=O)OCOP(=O)(OCOC(=O)C(C)(C)C)C1CCCN(OCc2ccccc2)C1=O. The smallest absolute Gasteiger partial charge is 0.348 e. The van der Waals surface area contributed by atoms with Gasteiger partial charge in [0, 0.05) is 6.54 Å². The van der Waals surface area contributed by atoms with E-state index in [2.05, 4.69) is 0 Å². The van der Waals surface area contributed by atoms with Crippen molar-refractivity contribution in [3.63, 3.8) is 0 Å². The molecule has 0 bridgehead atoms. The van der Waals surface area contributed by atoms with E-state index in [-0.39, 0.29) is 13.0 Å². The molecule has 11 heteroatoms. The van der Waals surface area contributed by atoms with Crippen LogP contribution in [-0.4, -0.2) is 48.7 Å². The Morgan fingerprint density at radius 1 is 0.943 bits per heavy atom. The lowest BCUT2D eigenvalue weighted by Gasteiger charge is -2.34. The molecule has 1 fully saturated rings. The van der Waals surface area contributed by atoms with Crippen LogP contribution in [-0.2, 0) is 48.9 Å². The van der Waals surface area contributed by atoms with Crippen molar-refractivity contribution in [2.24, 2.45) is 10.8 Å². The number of carbonyl (C=O) groups is 3. The van der Waals surface area contributed by atoms with Crippen molar-refractivity contribution >= 4 is 25.4 Å². The maximum Gasteiger partial charge on any atom is 0.348 e. The van der Waals surface area contributed by atoms with E-state index in [9.17, 15) is 18.9 Å². The molecule has 0 aliphatic carbocycles. The predicted molar refractivity (Wildman–Crippen MR) is 127 cm³/mol. The summed E-state index contributed by atoms with van der Waals surface area (Å²) in [6.07, 6.45) is 0.674. The highest BCUT2D eigenvalue weighted by Crippen LogP contribution is 2.56. The molecule has 10 nitrogen and oxygen atoms in total. The molecule has 35 heavy (non-hydrogen) atoms. The summed E-state index contributed by atoms with van der Waals surface area (Å²) in [5.41, 5.74) is -1.96. The maximum atomic E-state index is 13.7. The van der Waals surface area contributed by atoms with E-state index >= 15 is 0 Å². The molecule has 1 heterocycles. The van der Waals surface area contributed by atoms with E-state index in [4.69, 9.17) is 23.4 Å². The van der Waals surface area contributed by atoms with Gasteiger partial charge in [-0.25, -0.2) is 5.06 Å². The summed E-state index contributed by atoms with van der Waals surface area (Å²) < 4.78 is 34.6. The summed E-state index contributed by atoms with van der Waals surface area (Å²) >= 11 is 0. The molecule has 0 spiro atoms. The lowest BCUT2D eigenvalue weighted by molar-refractivity contribution is -0.196. The van der Waals surface area contributed by atoms with Crippen LogP contribution in [0.15, 0.2) is 30.3 Å². The molecular weight excluding hydrogens is 477 g/mol. The van der Waals surface area contributed by atoms with Crippen LogP contribution in [0.3, 0.4) is 0 Å². The third-order valence-corrected chi connectivity index (χ3v) is 7.22. The van der Waals surface area contributed by atoms with Crippen LogP contribution < -0.4 is 0 Å². The average molecular weight is 514 g/mol. The molecule has 196 valence electrons. The van der Waals surface area contributed by atoms with Crippen LogP contribution in [0.5, 0.6) is 0 Å². The van der Waals surface area contributed by atoms with Crippen LogP contribution in [0, 0.1) is 10.8 Å². The zero-order chi connectivity index (χ0) is 26.3. The summed E-state index contributed by atoms with van der Waals surface area (Å²) in [6, 6.07) is 9.29. The Morgan fingerprint density at radius 2 is 1.46 bits per heavy atom. The number of nitrogens with zero attached hydrogens (tertiary/aromatic N) is 1. The highest BCUT2D eigenvalue weighted by molar-refractivity contribution is 7.55. The fraction of sp³-hybridized carbons (Fsp3) is 0.625. The summed E-state index contributed by atoms with van der Waals surface area (Å²) in [4.78, 5) is 43.0. The van der Waals surface area contributed by atoms with Gasteiger partial charge >= 0.3 is 19.5 Å². The van der Waals surface area contributed by atoms with E-state index in [0.29, 0.717) is 13.0 Å². The van der Waals surface area contributed by atoms with Gasteiger partial charge in [0.15, 0.2) is 0 Å². The Labute approximate surface area is 206 Å². The summed E-state index contributed by atoms with van der Waals surface area (Å²) in [5, 5.41) is 1.14. The molecule has 0 N–H and O–H groups in total. The van der Waals surface area contributed by atoms with E-state index in [1.54, 1.807) is 41.5 Å². The highest BCUT2D eigenvalue weighted by atomic mass is 31.2. The molecule has 1 amide bonds. The molecule has 1 unspecified atom stereocenters. The molecule has 0 radical (unpaired) electrons. The Morgan fingerprint density at radius 3 is 1.94 bits per heavy atom. The molecule has 0 saturated carbocycles. The Hall–Kier alpha value is -2.26. The lowest BCUT2D eigenvalue weighted by Crippen LogP contribution is -2.44. The largest absolute Gasteiger partial charge is 0.438 e. The second-order valence-corrected chi connectivity index (χ2v) is 12.5. The van der Waals surface area contributed by atoms with Gasteiger partial charge in [-0.05, 0) is 59.9 Å². The van der Waals surface area contributed by atoms with E-state index in [0.717, 1.165) is 10.6 Å². The minimum Gasteiger partial charge on any atom is -0.438 e. The van der Waals surface area contributed by atoms with Crippen molar-refractivity contribution in [3.05, 3.63) is 35.9 Å². The zero-order valence-corrected chi connectivity index (χ0v) is 22.2. The average Bonchev–Trinajstić information content (AvgIpc) is 2.77. The van der Waals surface area contributed by atoms with Gasteiger partial charge in [0.2, 0.25) is 13.6 Å². The zero-order valence-electron chi connectivity index (χ0n) is 21.3. The topological polar surface area (TPSA) is 118 Å². The monoisotopic (exact) mass is 513 g/mol. The van der Waals surface area contributed by atoms with Crippen LogP contribution >= 0.6 is 7.60 Å².